The molecule has 5 heteroatoms. The Balaban J connectivity index is 1.89. The van der Waals surface area contributed by atoms with Gasteiger partial charge in [0.05, 0.1) is 18.1 Å². The fourth-order valence-corrected chi connectivity index (χ4v) is 3.72. The molecule has 142 valence electrons. The summed E-state index contributed by atoms with van der Waals surface area (Å²) in [6, 6.07) is 0. The van der Waals surface area contributed by atoms with E-state index in [9.17, 15) is 9.59 Å². The first kappa shape index (κ1) is 20.0. The van der Waals surface area contributed by atoms with Crippen LogP contribution >= 0.6 is 0 Å². The molecule has 2 aliphatic rings. The summed E-state index contributed by atoms with van der Waals surface area (Å²) in [5.74, 6) is -0.285. The van der Waals surface area contributed by atoms with Crippen LogP contribution in [0.15, 0.2) is 11.6 Å². The van der Waals surface area contributed by atoms with Crippen LogP contribution in [0.25, 0.3) is 0 Å². The van der Waals surface area contributed by atoms with Gasteiger partial charge in [0, 0.05) is 12.5 Å². The molecule has 0 bridgehead atoms. The Bertz CT molecular complexity index is 502. The second-order valence-electron chi connectivity index (χ2n) is 7.32. The summed E-state index contributed by atoms with van der Waals surface area (Å²) in [4.78, 5) is 24.2. The summed E-state index contributed by atoms with van der Waals surface area (Å²) >= 11 is 0. The fraction of sp³-hybridized carbons (Fsp3) is 0.800. The lowest BCUT2D eigenvalue weighted by Gasteiger charge is -2.27. The van der Waals surface area contributed by atoms with Crippen molar-refractivity contribution in [3.63, 3.8) is 0 Å². The number of hydrogen-bond donors (Lipinski definition) is 1. The third-order valence-electron chi connectivity index (χ3n) is 5.22. The number of ether oxygens (including phenoxy) is 2. The maximum absolute atomic E-state index is 12.5. The third kappa shape index (κ3) is 5.56. The van der Waals surface area contributed by atoms with Crippen LogP contribution in [0.2, 0.25) is 0 Å². The molecule has 2 rings (SSSR count). The molecule has 0 amide bonds. The topological polar surface area (TPSA) is 64.6 Å². The zero-order valence-corrected chi connectivity index (χ0v) is 15.9. The van der Waals surface area contributed by atoms with Crippen molar-refractivity contribution in [2.24, 2.45) is 5.92 Å². The highest BCUT2D eigenvalue weighted by Gasteiger charge is 2.58. The zero-order chi connectivity index (χ0) is 18.3. The number of hydrogen-bond acceptors (Lipinski definition) is 5. The molecule has 1 aliphatic heterocycles. The molecule has 1 aliphatic carbocycles. The minimum Gasteiger partial charge on any atom is -0.463 e. The van der Waals surface area contributed by atoms with Gasteiger partial charge in [-0.3, -0.25) is 4.79 Å². The predicted octanol–water partition coefficient (Wildman–Crippen LogP) is 3.52. The van der Waals surface area contributed by atoms with Crippen LogP contribution in [0.4, 0.5) is 0 Å². The second kappa shape index (κ2) is 9.37. The van der Waals surface area contributed by atoms with Gasteiger partial charge in [-0.15, -0.1) is 0 Å². The molecule has 3 unspecified atom stereocenters. The second-order valence-corrected chi connectivity index (χ2v) is 7.32. The number of carbonyl (C=O) groups excluding carboxylic acids is 2. The van der Waals surface area contributed by atoms with Crippen molar-refractivity contribution < 1.29 is 19.1 Å². The third-order valence-corrected chi connectivity index (χ3v) is 5.22. The Hall–Kier alpha value is -1.36. The number of esters is 2. The highest BCUT2D eigenvalue weighted by molar-refractivity contribution is 5.83. The van der Waals surface area contributed by atoms with E-state index in [0.717, 1.165) is 63.5 Å². The molecule has 2 fully saturated rings. The minimum absolute atomic E-state index is 0.0285. The molecule has 5 nitrogen and oxygen atoms in total. The van der Waals surface area contributed by atoms with Crippen LogP contribution in [0.1, 0.15) is 72.1 Å². The maximum Gasteiger partial charge on any atom is 0.330 e. The maximum atomic E-state index is 12.5. The van der Waals surface area contributed by atoms with Crippen LogP contribution in [0.3, 0.4) is 0 Å². The van der Waals surface area contributed by atoms with Gasteiger partial charge in [0.15, 0.2) is 0 Å². The van der Waals surface area contributed by atoms with E-state index in [0.29, 0.717) is 6.61 Å². The molecule has 1 spiro atoms. The van der Waals surface area contributed by atoms with E-state index in [2.05, 4.69) is 19.2 Å². The van der Waals surface area contributed by atoms with Crippen molar-refractivity contribution in [3.05, 3.63) is 11.6 Å². The van der Waals surface area contributed by atoms with Crippen molar-refractivity contribution in [2.45, 2.75) is 83.8 Å². The molecule has 0 radical (unpaired) electrons. The Labute approximate surface area is 151 Å². The first-order valence-corrected chi connectivity index (χ1v) is 9.86. The van der Waals surface area contributed by atoms with E-state index in [1.54, 1.807) is 6.08 Å². The first-order chi connectivity index (χ1) is 12.0. The van der Waals surface area contributed by atoms with Crippen molar-refractivity contribution in [2.75, 3.05) is 13.2 Å². The smallest absolute Gasteiger partial charge is 0.330 e. The normalized spacial score (nSPS) is 28.0. The average molecular weight is 351 g/mol. The van der Waals surface area contributed by atoms with E-state index in [4.69, 9.17) is 9.47 Å². The van der Waals surface area contributed by atoms with E-state index in [1.165, 1.54) is 0 Å². The molecule has 3 atom stereocenters. The van der Waals surface area contributed by atoms with Gasteiger partial charge in [0.2, 0.25) is 0 Å². The van der Waals surface area contributed by atoms with Gasteiger partial charge >= 0.3 is 11.9 Å². The summed E-state index contributed by atoms with van der Waals surface area (Å²) in [6.45, 7) is 7.27. The molecule has 0 aromatic rings. The Kier molecular flexibility index (Phi) is 7.48. The van der Waals surface area contributed by atoms with Crippen molar-refractivity contribution >= 4 is 11.9 Å². The standard InChI is InChI=1S/C20H33NO4/c1-4-7-9-16(8-5-2)19(23)25-17-14-20(17)13-15(10-11-21-20)12-18(22)24-6-3/h12,16-17,21H,4-11,13-14H2,1-3H3/b15-12+. The van der Waals surface area contributed by atoms with E-state index in [-0.39, 0.29) is 29.5 Å². The quantitative estimate of drug-likeness (QED) is 0.509. The lowest BCUT2D eigenvalue weighted by molar-refractivity contribution is -0.151. The average Bonchev–Trinajstić information content (AvgIpc) is 3.21. The van der Waals surface area contributed by atoms with Crippen molar-refractivity contribution in [1.29, 1.82) is 0 Å². The van der Waals surface area contributed by atoms with Crippen LogP contribution in [-0.4, -0.2) is 36.7 Å². The molecular weight excluding hydrogens is 318 g/mol. The van der Waals surface area contributed by atoms with E-state index in [1.807, 2.05) is 6.92 Å². The predicted molar refractivity (Wildman–Crippen MR) is 97.1 cm³/mol. The molecule has 1 saturated heterocycles. The summed E-state index contributed by atoms with van der Waals surface area (Å²) in [5, 5.41) is 3.50. The molecule has 1 saturated carbocycles. The van der Waals surface area contributed by atoms with Gasteiger partial charge in [-0.05, 0) is 39.2 Å². The molecule has 25 heavy (non-hydrogen) atoms. The SMILES string of the molecule is CCCCC(CCC)C(=O)OC1CC12C/C(=C/C(=O)OCC)CCN2. The van der Waals surface area contributed by atoms with Gasteiger partial charge < -0.3 is 14.8 Å². The van der Waals surface area contributed by atoms with Crippen molar-refractivity contribution in [3.8, 4) is 0 Å². The molecular formula is C20H33NO4. The highest BCUT2D eigenvalue weighted by Crippen LogP contribution is 2.47. The molecule has 1 heterocycles. The zero-order valence-electron chi connectivity index (χ0n) is 15.9. The Morgan fingerprint density at radius 2 is 2.08 bits per heavy atom. The number of carbonyl (C=O) groups is 2. The molecule has 0 aromatic heterocycles. The van der Waals surface area contributed by atoms with Gasteiger partial charge in [-0.1, -0.05) is 38.7 Å². The van der Waals surface area contributed by atoms with Crippen LogP contribution in [0, 0.1) is 5.92 Å². The van der Waals surface area contributed by atoms with Gasteiger partial charge in [0.25, 0.3) is 0 Å². The highest BCUT2D eigenvalue weighted by atomic mass is 16.6. The number of nitrogens with one attached hydrogen (secondary N) is 1. The summed E-state index contributed by atoms with van der Waals surface area (Å²) in [7, 11) is 0. The van der Waals surface area contributed by atoms with Crippen LogP contribution in [0.5, 0.6) is 0 Å². The first-order valence-electron chi connectivity index (χ1n) is 9.86. The summed E-state index contributed by atoms with van der Waals surface area (Å²) in [5.41, 5.74) is 0.931. The number of unbranched alkanes of at least 4 members (excludes halogenated alkanes) is 1. The minimum atomic E-state index is -0.272. The molecule has 1 N–H and O–H groups in total. The lowest BCUT2D eigenvalue weighted by atomic mass is 9.96. The number of rotatable bonds is 9. The molecule has 0 aromatic carbocycles. The van der Waals surface area contributed by atoms with Crippen molar-refractivity contribution in [1.82, 2.24) is 5.32 Å². The summed E-state index contributed by atoms with van der Waals surface area (Å²) in [6.07, 6.45) is 8.99. The summed E-state index contributed by atoms with van der Waals surface area (Å²) < 4.78 is 10.8. The monoisotopic (exact) mass is 351 g/mol. The van der Waals surface area contributed by atoms with E-state index < -0.39 is 0 Å². The Morgan fingerprint density at radius 3 is 2.76 bits per heavy atom. The van der Waals surface area contributed by atoms with E-state index >= 15 is 0 Å². The Morgan fingerprint density at radius 1 is 1.28 bits per heavy atom. The van der Waals surface area contributed by atoms with Crippen LogP contribution in [-0.2, 0) is 19.1 Å². The van der Waals surface area contributed by atoms with Crippen LogP contribution < -0.4 is 5.32 Å². The van der Waals surface area contributed by atoms with Gasteiger partial charge in [-0.2, -0.15) is 0 Å². The lowest BCUT2D eigenvalue weighted by Crippen LogP contribution is -2.41. The fourth-order valence-electron chi connectivity index (χ4n) is 3.72. The van der Waals surface area contributed by atoms with Gasteiger partial charge in [-0.25, -0.2) is 4.79 Å². The number of piperidine rings is 1. The largest absolute Gasteiger partial charge is 0.463 e. The van der Waals surface area contributed by atoms with Gasteiger partial charge in [0.1, 0.15) is 6.10 Å².